The van der Waals surface area contributed by atoms with Crippen LogP contribution >= 0.6 is 0 Å². The van der Waals surface area contributed by atoms with Gasteiger partial charge >= 0.3 is 0 Å². The average Bonchev–Trinajstić information content (AvgIpc) is 2.56. The maximum Gasteiger partial charge on any atom is 0.270 e. The van der Waals surface area contributed by atoms with Crippen LogP contribution in [-0.4, -0.2) is 39.2 Å². The number of hydrogen-bond acceptors (Lipinski definition) is 6. The van der Waals surface area contributed by atoms with Gasteiger partial charge < -0.3 is 15.2 Å². The first-order chi connectivity index (χ1) is 12.0. The molecule has 1 fully saturated rings. The van der Waals surface area contributed by atoms with Crippen LogP contribution in [0.4, 0.5) is 0 Å². The van der Waals surface area contributed by atoms with Crippen LogP contribution in [0.25, 0.3) is 0 Å². The van der Waals surface area contributed by atoms with Crippen LogP contribution < -0.4 is 10.1 Å². The van der Waals surface area contributed by atoms with Crippen molar-refractivity contribution in [2.45, 2.75) is 38.8 Å². The summed E-state index contributed by atoms with van der Waals surface area (Å²) in [5, 5.41) is 12.7. The van der Waals surface area contributed by atoms with Gasteiger partial charge in [-0.25, -0.2) is 15.0 Å². The van der Waals surface area contributed by atoms with Crippen LogP contribution in [0.1, 0.15) is 46.5 Å². The number of hydrogen-bond donors (Lipinski definition) is 2. The van der Waals surface area contributed by atoms with E-state index in [4.69, 9.17) is 4.74 Å². The fourth-order valence-corrected chi connectivity index (χ4v) is 3.12. The predicted molar refractivity (Wildman–Crippen MR) is 91.2 cm³/mol. The van der Waals surface area contributed by atoms with Crippen molar-refractivity contribution in [3.8, 4) is 5.88 Å². The third-order valence-electron chi connectivity index (χ3n) is 4.43. The molecule has 2 heterocycles. The number of rotatable bonds is 5. The molecule has 0 spiro atoms. The maximum atomic E-state index is 12.7. The lowest BCUT2D eigenvalue weighted by atomic mass is 9.75. The molecular weight excluding hydrogens is 320 g/mol. The highest BCUT2D eigenvalue weighted by atomic mass is 16.5. The van der Waals surface area contributed by atoms with E-state index in [9.17, 15) is 9.90 Å². The molecular formula is C18H22N4O3. The zero-order valence-electron chi connectivity index (χ0n) is 14.6. The van der Waals surface area contributed by atoms with Gasteiger partial charge in [-0.3, -0.25) is 4.79 Å². The highest BCUT2D eigenvalue weighted by molar-refractivity contribution is 5.92. The van der Waals surface area contributed by atoms with Crippen molar-refractivity contribution in [2.75, 3.05) is 7.11 Å². The molecule has 0 radical (unpaired) electrons. The van der Waals surface area contributed by atoms with Gasteiger partial charge in [0.2, 0.25) is 5.88 Å². The van der Waals surface area contributed by atoms with E-state index in [0.29, 0.717) is 30.2 Å². The van der Waals surface area contributed by atoms with Crippen LogP contribution in [0.5, 0.6) is 5.88 Å². The summed E-state index contributed by atoms with van der Waals surface area (Å²) in [7, 11) is 1.56. The van der Waals surface area contributed by atoms with E-state index in [1.807, 2.05) is 13.0 Å². The number of pyridine rings is 1. The Hall–Kier alpha value is -2.54. The third-order valence-corrected chi connectivity index (χ3v) is 4.43. The van der Waals surface area contributed by atoms with Gasteiger partial charge in [0.1, 0.15) is 11.5 Å². The molecule has 25 heavy (non-hydrogen) atoms. The Labute approximate surface area is 146 Å². The number of aliphatic hydroxyl groups is 1. The molecule has 2 aromatic rings. The fraction of sp³-hybridized carbons (Fsp3) is 0.444. The first-order valence-corrected chi connectivity index (χ1v) is 8.27. The number of aliphatic hydroxyl groups excluding tert-OH is 1. The second kappa shape index (κ2) is 7.14. The number of methoxy groups -OCH3 is 1. The molecule has 0 bridgehead atoms. The second-order valence-corrected chi connectivity index (χ2v) is 6.41. The first kappa shape index (κ1) is 17.3. The van der Waals surface area contributed by atoms with Crippen LogP contribution in [0.2, 0.25) is 0 Å². The lowest BCUT2D eigenvalue weighted by Crippen LogP contribution is -2.41. The summed E-state index contributed by atoms with van der Waals surface area (Å²) in [4.78, 5) is 25.3. The van der Waals surface area contributed by atoms with Crippen LogP contribution in [0.3, 0.4) is 0 Å². The molecule has 3 rings (SSSR count). The minimum atomic E-state index is -0.306. The van der Waals surface area contributed by atoms with Gasteiger partial charge in [-0.1, -0.05) is 6.07 Å². The number of ether oxygens (including phenoxy) is 1. The molecule has 1 aliphatic carbocycles. The highest BCUT2D eigenvalue weighted by Gasteiger charge is 2.36. The number of nitrogens with one attached hydrogen (secondary N) is 1. The van der Waals surface area contributed by atoms with Crippen molar-refractivity contribution in [3.05, 3.63) is 47.2 Å². The number of nitrogens with zero attached hydrogens (tertiary/aromatic N) is 3. The number of amides is 1. The highest BCUT2D eigenvalue weighted by Crippen LogP contribution is 2.38. The smallest absolute Gasteiger partial charge is 0.270 e. The molecule has 0 aromatic carbocycles. The van der Waals surface area contributed by atoms with E-state index in [0.717, 1.165) is 11.3 Å². The molecule has 0 saturated heterocycles. The molecule has 0 unspecified atom stereocenters. The lowest BCUT2D eigenvalue weighted by Gasteiger charge is -2.38. The standard InChI is InChI=1S/C18H22N4O3/c1-10-6-15(21-11(2)20-10)18(24)22-17(13-7-14(23)8-13)12-4-5-16(25-3)19-9-12/h4-6,9,13-14,17,23H,7-8H2,1-3H3,(H,22,24)/t13?,14?,17-/m1/s1. The maximum absolute atomic E-state index is 12.7. The van der Waals surface area contributed by atoms with Crippen LogP contribution in [0, 0.1) is 19.8 Å². The minimum absolute atomic E-state index is 0.165. The molecule has 0 aliphatic heterocycles. The summed E-state index contributed by atoms with van der Waals surface area (Å²) in [6.07, 6.45) is 2.70. The molecule has 2 aromatic heterocycles. The molecule has 1 saturated carbocycles. The number of aryl methyl sites for hydroxylation is 2. The summed E-state index contributed by atoms with van der Waals surface area (Å²) >= 11 is 0. The van der Waals surface area contributed by atoms with E-state index < -0.39 is 0 Å². The Balaban J connectivity index is 1.82. The Morgan fingerprint density at radius 3 is 2.64 bits per heavy atom. The molecule has 132 valence electrons. The van der Waals surface area contributed by atoms with Gasteiger partial charge in [0.05, 0.1) is 19.3 Å². The zero-order valence-corrected chi connectivity index (χ0v) is 14.6. The van der Waals surface area contributed by atoms with Crippen molar-refractivity contribution in [1.82, 2.24) is 20.3 Å². The zero-order chi connectivity index (χ0) is 18.0. The number of carbonyl (C=O) groups is 1. The van der Waals surface area contributed by atoms with E-state index >= 15 is 0 Å². The summed E-state index contributed by atoms with van der Waals surface area (Å²) in [5.41, 5.74) is 1.98. The Morgan fingerprint density at radius 1 is 1.32 bits per heavy atom. The van der Waals surface area contributed by atoms with Gasteiger partial charge in [-0.05, 0) is 44.2 Å². The molecule has 2 N–H and O–H groups in total. The minimum Gasteiger partial charge on any atom is -0.481 e. The first-order valence-electron chi connectivity index (χ1n) is 8.27. The Kier molecular flexibility index (Phi) is 4.94. The molecule has 1 amide bonds. The van der Waals surface area contributed by atoms with E-state index in [1.54, 1.807) is 32.4 Å². The van der Waals surface area contributed by atoms with E-state index in [2.05, 4.69) is 20.3 Å². The van der Waals surface area contributed by atoms with Gasteiger partial charge in [0.25, 0.3) is 5.91 Å². The van der Waals surface area contributed by atoms with Gasteiger partial charge in [-0.15, -0.1) is 0 Å². The summed E-state index contributed by atoms with van der Waals surface area (Å²) < 4.78 is 5.09. The Bertz CT molecular complexity index is 737. The molecule has 7 nitrogen and oxygen atoms in total. The van der Waals surface area contributed by atoms with Gasteiger partial charge in [-0.2, -0.15) is 0 Å². The largest absolute Gasteiger partial charge is 0.481 e. The third kappa shape index (κ3) is 3.93. The van der Waals surface area contributed by atoms with E-state index in [-0.39, 0.29) is 24.0 Å². The summed E-state index contributed by atoms with van der Waals surface area (Å²) in [6, 6.07) is 5.09. The number of aromatic nitrogens is 3. The van der Waals surface area contributed by atoms with Crippen molar-refractivity contribution < 1.29 is 14.6 Å². The molecule has 1 aliphatic rings. The topological polar surface area (TPSA) is 97.2 Å². The monoisotopic (exact) mass is 342 g/mol. The summed E-state index contributed by atoms with van der Waals surface area (Å²) in [6.45, 7) is 3.59. The van der Waals surface area contributed by atoms with Crippen LogP contribution in [-0.2, 0) is 0 Å². The van der Waals surface area contributed by atoms with Crippen molar-refractivity contribution in [3.63, 3.8) is 0 Å². The van der Waals surface area contributed by atoms with Gasteiger partial charge in [0.15, 0.2) is 0 Å². The van der Waals surface area contributed by atoms with Gasteiger partial charge in [0, 0.05) is 18.0 Å². The van der Waals surface area contributed by atoms with Crippen molar-refractivity contribution in [2.24, 2.45) is 5.92 Å². The lowest BCUT2D eigenvalue weighted by molar-refractivity contribution is 0.0234. The predicted octanol–water partition coefficient (Wildman–Crippen LogP) is 1.74. The molecule has 7 heteroatoms. The van der Waals surface area contributed by atoms with Crippen LogP contribution in [0.15, 0.2) is 24.4 Å². The normalized spacial score (nSPS) is 20.5. The quantitative estimate of drug-likeness (QED) is 0.859. The number of carbonyl (C=O) groups excluding carboxylic acids is 1. The Morgan fingerprint density at radius 2 is 2.08 bits per heavy atom. The van der Waals surface area contributed by atoms with Crippen molar-refractivity contribution >= 4 is 5.91 Å². The average molecular weight is 342 g/mol. The SMILES string of the molecule is COc1ccc([C@@H](NC(=O)c2cc(C)nc(C)n2)C2CC(O)C2)cn1. The molecule has 1 atom stereocenters. The van der Waals surface area contributed by atoms with Crippen molar-refractivity contribution in [1.29, 1.82) is 0 Å². The van der Waals surface area contributed by atoms with E-state index in [1.165, 1.54) is 0 Å². The summed E-state index contributed by atoms with van der Waals surface area (Å²) in [5.74, 6) is 0.991. The second-order valence-electron chi connectivity index (χ2n) is 6.41. The fourth-order valence-electron chi connectivity index (χ4n) is 3.12.